The van der Waals surface area contributed by atoms with Crippen molar-refractivity contribution < 1.29 is 9.53 Å². The van der Waals surface area contributed by atoms with E-state index in [1.807, 2.05) is 42.5 Å². The zero-order valence-electron chi connectivity index (χ0n) is 17.3. The van der Waals surface area contributed by atoms with E-state index in [-0.39, 0.29) is 23.5 Å². The Hall–Kier alpha value is -2.64. The third kappa shape index (κ3) is 4.25. The van der Waals surface area contributed by atoms with E-state index in [1.54, 1.807) is 4.57 Å². The van der Waals surface area contributed by atoms with Crippen molar-refractivity contribution in [2.45, 2.75) is 49.8 Å². The first-order chi connectivity index (χ1) is 15.2. The van der Waals surface area contributed by atoms with Gasteiger partial charge in [-0.3, -0.25) is 9.36 Å². The minimum Gasteiger partial charge on any atom is -0.376 e. The molecule has 1 saturated heterocycles. The lowest BCUT2D eigenvalue weighted by Gasteiger charge is -2.17. The van der Waals surface area contributed by atoms with Crippen LogP contribution in [0, 0.1) is 0 Å². The molecule has 0 radical (unpaired) electrons. The molecule has 1 amide bonds. The van der Waals surface area contributed by atoms with E-state index in [4.69, 9.17) is 4.74 Å². The number of thioether (sulfide) groups is 1. The summed E-state index contributed by atoms with van der Waals surface area (Å²) in [6.45, 7) is 1.36. The van der Waals surface area contributed by atoms with Gasteiger partial charge >= 0.3 is 5.69 Å². The van der Waals surface area contributed by atoms with Crippen molar-refractivity contribution in [2.75, 3.05) is 17.7 Å². The molecule has 1 N–H and O–H groups in total. The van der Waals surface area contributed by atoms with Crippen LogP contribution in [-0.2, 0) is 28.9 Å². The molecule has 31 heavy (non-hydrogen) atoms. The molecule has 160 valence electrons. The molecule has 7 heteroatoms. The Morgan fingerprint density at radius 1 is 1.16 bits per heavy atom. The number of fused-ring (bicyclic) bond motifs is 2. The van der Waals surface area contributed by atoms with E-state index in [9.17, 15) is 9.59 Å². The fourth-order valence-electron chi connectivity index (χ4n) is 4.54. The Labute approximate surface area is 185 Å². The first kappa shape index (κ1) is 20.3. The van der Waals surface area contributed by atoms with Gasteiger partial charge in [0.15, 0.2) is 0 Å². The molecule has 6 nitrogen and oxygen atoms in total. The molecule has 2 aliphatic rings. The Morgan fingerprint density at radius 2 is 2.03 bits per heavy atom. The standard InChI is InChI=1S/C24H25N3O3S/c28-22(25-20-11-3-7-16-6-1-2-9-18(16)20)15-31-23-19-10-4-12-21(19)27(24(29)26-23)14-17-8-5-13-30-17/h1-3,6-7,9,11,17H,4-5,8,10,12-15H2,(H,25,28)/t17-/m1/s1. The second-order valence-corrected chi connectivity index (χ2v) is 9.05. The molecule has 1 fully saturated rings. The normalized spacial score (nSPS) is 17.7. The smallest absolute Gasteiger partial charge is 0.348 e. The predicted octanol–water partition coefficient (Wildman–Crippen LogP) is 3.80. The fraction of sp³-hybridized carbons (Fsp3) is 0.375. The summed E-state index contributed by atoms with van der Waals surface area (Å²) in [6.07, 6.45) is 4.95. The van der Waals surface area contributed by atoms with Crippen LogP contribution >= 0.6 is 11.8 Å². The Kier molecular flexibility index (Phi) is 5.78. The highest BCUT2D eigenvalue weighted by Crippen LogP contribution is 2.30. The van der Waals surface area contributed by atoms with Crippen molar-refractivity contribution in [1.29, 1.82) is 0 Å². The van der Waals surface area contributed by atoms with Gasteiger partial charge in [0.05, 0.1) is 18.4 Å². The van der Waals surface area contributed by atoms with Gasteiger partial charge in [-0.1, -0.05) is 48.2 Å². The number of anilines is 1. The lowest BCUT2D eigenvalue weighted by molar-refractivity contribution is -0.113. The highest BCUT2D eigenvalue weighted by Gasteiger charge is 2.25. The summed E-state index contributed by atoms with van der Waals surface area (Å²) < 4.78 is 7.53. The van der Waals surface area contributed by atoms with Gasteiger partial charge in [0, 0.05) is 28.9 Å². The number of hydrogen-bond donors (Lipinski definition) is 1. The summed E-state index contributed by atoms with van der Waals surface area (Å²) in [5.74, 6) is 0.121. The van der Waals surface area contributed by atoms with Crippen molar-refractivity contribution in [1.82, 2.24) is 9.55 Å². The maximum Gasteiger partial charge on any atom is 0.348 e. The zero-order chi connectivity index (χ0) is 21.2. The summed E-state index contributed by atoms with van der Waals surface area (Å²) in [5, 5.41) is 5.81. The number of amides is 1. The van der Waals surface area contributed by atoms with E-state index < -0.39 is 0 Å². The quantitative estimate of drug-likeness (QED) is 0.471. The van der Waals surface area contributed by atoms with Crippen molar-refractivity contribution in [2.24, 2.45) is 0 Å². The van der Waals surface area contributed by atoms with Crippen molar-refractivity contribution in [3.05, 3.63) is 64.2 Å². The van der Waals surface area contributed by atoms with Gasteiger partial charge in [-0.2, -0.15) is 4.98 Å². The van der Waals surface area contributed by atoms with Crippen LogP contribution in [0.1, 0.15) is 30.5 Å². The minimum atomic E-state index is -0.229. The van der Waals surface area contributed by atoms with Gasteiger partial charge < -0.3 is 10.1 Å². The Bertz CT molecular complexity index is 1180. The molecule has 1 aliphatic carbocycles. The molecule has 2 aromatic carbocycles. The first-order valence-corrected chi connectivity index (χ1v) is 11.8. The molecule has 0 saturated carbocycles. The van der Waals surface area contributed by atoms with Crippen LogP contribution in [0.3, 0.4) is 0 Å². The fourth-order valence-corrected chi connectivity index (χ4v) is 5.42. The number of hydrogen-bond acceptors (Lipinski definition) is 5. The third-order valence-corrected chi connectivity index (χ3v) is 7.03. The number of ether oxygens (including phenoxy) is 1. The van der Waals surface area contributed by atoms with Crippen LogP contribution in [0.15, 0.2) is 52.3 Å². The number of carbonyl (C=O) groups excluding carboxylic acids is 1. The Balaban J connectivity index is 1.31. The number of benzene rings is 2. The first-order valence-electron chi connectivity index (χ1n) is 10.8. The van der Waals surface area contributed by atoms with E-state index >= 15 is 0 Å². The van der Waals surface area contributed by atoms with Gasteiger partial charge in [0.25, 0.3) is 0 Å². The number of nitrogens with zero attached hydrogens (tertiary/aromatic N) is 2. The summed E-state index contributed by atoms with van der Waals surface area (Å²) in [7, 11) is 0. The van der Waals surface area contributed by atoms with Crippen molar-refractivity contribution in [3.63, 3.8) is 0 Å². The Morgan fingerprint density at radius 3 is 2.90 bits per heavy atom. The highest BCUT2D eigenvalue weighted by molar-refractivity contribution is 8.00. The van der Waals surface area contributed by atoms with Gasteiger partial charge in [0.1, 0.15) is 5.03 Å². The summed E-state index contributed by atoms with van der Waals surface area (Å²) in [5.41, 5.74) is 2.77. The molecule has 2 heterocycles. The SMILES string of the molecule is O=C(CSc1nc(=O)n(C[C@H]2CCCO2)c2c1CCC2)Nc1cccc2ccccc12. The van der Waals surface area contributed by atoms with Crippen LogP contribution in [0.4, 0.5) is 5.69 Å². The van der Waals surface area contributed by atoms with Gasteiger partial charge in [-0.25, -0.2) is 4.79 Å². The predicted molar refractivity (Wildman–Crippen MR) is 123 cm³/mol. The average Bonchev–Trinajstić information content (AvgIpc) is 3.47. The largest absolute Gasteiger partial charge is 0.376 e. The molecule has 1 aromatic heterocycles. The van der Waals surface area contributed by atoms with E-state index in [1.165, 1.54) is 11.8 Å². The number of rotatable bonds is 6. The topological polar surface area (TPSA) is 73.2 Å². The molecule has 0 unspecified atom stereocenters. The highest BCUT2D eigenvalue weighted by atomic mass is 32.2. The van der Waals surface area contributed by atoms with Crippen LogP contribution in [0.2, 0.25) is 0 Å². The maximum atomic E-state index is 12.8. The van der Waals surface area contributed by atoms with E-state index in [0.717, 1.165) is 66.4 Å². The van der Waals surface area contributed by atoms with Crippen LogP contribution in [0.5, 0.6) is 0 Å². The average molecular weight is 436 g/mol. The molecular weight excluding hydrogens is 410 g/mol. The van der Waals surface area contributed by atoms with E-state index in [0.29, 0.717) is 11.6 Å². The lowest BCUT2D eigenvalue weighted by Crippen LogP contribution is -2.31. The molecule has 0 spiro atoms. The minimum absolute atomic E-state index is 0.0987. The lowest BCUT2D eigenvalue weighted by atomic mass is 10.1. The molecular formula is C24H25N3O3S. The van der Waals surface area contributed by atoms with Crippen LogP contribution in [-0.4, -0.2) is 33.9 Å². The van der Waals surface area contributed by atoms with Gasteiger partial charge in [-0.05, 0) is 43.6 Å². The third-order valence-electron chi connectivity index (χ3n) is 6.01. The van der Waals surface area contributed by atoms with Crippen molar-refractivity contribution in [3.8, 4) is 0 Å². The number of carbonyl (C=O) groups is 1. The molecule has 5 rings (SSSR count). The van der Waals surface area contributed by atoms with Crippen LogP contribution in [0.25, 0.3) is 10.8 Å². The summed E-state index contributed by atoms with van der Waals surface area (Å²) >= 11 is 1.36. The monoisotopic (exact) mass is 435 g/mol. The second-order valence-electron chi connectivity index (χ2n) is 8.09. The van der Waals surface area contributed by atoms with Gasteiger partial charge in [-0.15, -0.1) is 0 Å². The molecule has 0 bridgehead atoms. The van der Waals surface area contributed by atoms with Crippen molar-refractivity contribution >= 4 is 34.1 Å². The van der Waals surface area contributed by atoms with Gasteiger partial charge in [0.2, 0.25) is 5.91 Å². The number of nitrogens with one attached hydrogen (secondary N) is 1. The summed E-state index contributed by atoms with van der Waals surface area (Å²) in [6, 6.07) is 13.8. The summed E-state index contributed by atoms with van der Waals surface area (Å²) in [4.78, 5) is 29.8. The number of aromatic nitrogens is 2. The zero-order valence-corrected chi connectivity index (χ0v) is 18.1. The second kappa shape index (κ2) is 8.85. The molecule has 1 aliphatic heterocycles. The maximum absolute atomic E-state index is 12.8. The molecule has 1 atom stereocenters. The van der Waals surface area contributed by atoms with E-state index in [2.05, 4.69) is 10.3 Å². The molecule has 3 aromatic rings. The van der Waals surface area contributed by atoms with Crippen LogP contribution < -0.4 is 11.0 Å².